The standard InChI is InChI=1S/C21H20F3N3O4/c1-3-17(30)25-9-13-8-15(12-4-6-14(7-5-12)31-21(22,23)24)19-20(27(2)11-26-19)18(13)16(29)10-28/h3-8,11,16,28-29H,1,9-10H2,2H3,(H,25,30). The molecular weight excluding hydrogens is 415 g/mol. The molecule has 2 aromatic carbocycles. The van der Waals surface area contributed by atoms with E-state index < -0.39 is 25.0 Å². The van der Waals surface area contributed by atoms with Crippen molar-refractivity contribution in [2.45, 2.75) is 19.0 Å². The Bertz CT molecular complexity index is 1110. The van der Waals surface area contributed by atoms with Gasteiger partial charge < -0.3 is 24.8 Å². The van der Waals surface area contributed by atoms with Gasteiger partial charge in [0.15, 0.2) is 0 Å². The van der Waals surface area contributed by atoms with Crippen LogP contribution >= 0.6 is 0 Å². The van der Waals surface area contributed by atoms with E-state index in [0.29, 0.717) is 33.3 Å². The van der Waals surface area contributed by atoms with Crippen LogP contribution in [-0.4, -0.2) is 38.6 Å². The summed E-state index contributed by atoms with van der Waals surface area (Å²) in [5.74, 6) is -0.788. The fourth-order valence-corrected chi connectivity index (χ4v) is 3.34. The van der Waals surface area contributed by atoms with E-state index in [1.807, 2.05) is 0 Å². The van der Waals surface area contributed by atoms with E-state index in [9.17, 15) is 28.2 Å². The van der Waals surface area contributed by atoms with Crippen LogP contribution in [-0.2, 0) is 18.4 Å². The lowest BCUT2D eigenvalue weighted by Gasteiger charge is -2.19. The predicted molar refractivity (Wildman–Crippen MR) is 107 cm³/mol. The van der Waals surface area contributed by atoms with E-state index in [2.05, 4.69) is 21.6 Å². The molecule has 10 heteroatoms. The highest BCUT2D eigenvalue weighted by atomic mass is 19.4. The Kier molecular flexibility index (Phi) is 6.32. The minimum Gasteiger partial charge on any atom is -0.406 e. The number of hydrogen-bond acceptors (Lipinski definition) is 5. The van der Waals surface area contributed by atoms with Crippen molar-refractivity contribution in [3.05, 3.63) is 60.4 Å². The van der Waals surface area contributed by atoms with E-state index >= 15 is 0 Å². The van der Waals surface area contributed by atoms with Crippen LogP contribution in [0.15, 0.2) is 49.3 Å². The fourth-order valence-electron chi connectivity index (χ4n) is 3.34. The van der Waals surface area contributed by atoms with E-state index in [-0.39, 0.29) is 12.3 Å². The number of halogens is 3. The normalized spacial score (nSPS) is 12.6. The lowest BCUT2D eigenvalue weighted by Crippen LogP contribution is -2.22. The summed E-state index contributed by atoms with van der Waals surface area (Å²) in [6, 6.07) is 6.96. The first kappa shape index (κ1) is 22.3. The number of aryl methyl sites for hydroxylation is 1. The molecule has 3 N–H and O–H groups in total. The number of nitrogens with one attached hydrogen (secondary N) is 1. The topological polar surface area (TPSA) is 96.6 Å². The van der Waals surface area contributed by atoms with E-state index in [0.717, 1.165) is 6.08 Å². The summed E-state index contributed by atoms with van der Waals surface area (Å²) < 4.78 is 42.9. The van der Waals surface area contributed by atoms with Gasteiger partial charge in [-0.05, 0) is 35.4 Å². The monoisotopic (exact) mass is 435 g/mol. The molecular formula is C21H20F3N3O4. The maximum absolute atomic E-state index is 12.4. The van der Waals surface area contributed by atoms with Crippen molar-refractivity contribution in [1.82, 2.24) is 14.9 Å². The number of hydrogen-bond donors (Lipinski definition) is 3. The van der Waals surface area contributed by atoms with Crippen LogP contribution in [0.5, 0.6) is 5.75 Å². The highest BCUT2D eigenvalue weighted by Gasteiger charge is 2.31. The summed E-state index contributed by atoms with van der Waals surface area (Å²) in [6.45, 7) is 2.87. The smallest absolute Gasteiger partial charge is 0.406 e. The maximum Gasteiger partial charge on any atom is 0.573 e. The van der Waals surface area contributed by atoms with Crippen LogP contribution in [0.3, 0.4) is 0 Å². The maximum atomic E-state index is 12.4. The molecule has 0 aliphatic carbocycles. The number of fused-ring (bicyclic) bond motifs is 1. The Morgan fingerprint density at radius 3 is 2.61 bits per heavy atom. The van der Waals surface area contributed by atoms with Crippen molar-refractivity contribution in [1.29, 1.82) is 0 Å². The first-order valence-electron chi connectivity index (χ1n) is 9.16. The molecule has 0 saturated carbocycles. The Balaban J connectivity index is 2.15. The van der Waals surface area contributed by atoms with Gasteiger partial charge in [-0.3, -0.25) is 4.79 Å². The number of rotatable bonds is 7. The molecule has 1 amide bonds. The number of alkyl halides is 3. The second kappa shape index (κ2) is 8.78. The van der Waals surface area contributed by atoms with Crippen molar-refractivity contribution < 1.29 is 32.9 Å². The minimum absolute atomic E-state index is 0.0284. The van der Waals surface area contributed by atoms with Crippen LogP contribution < -0.4 is 10.1 Å². The van der Waals surface area contributed by atoms with Gasteiger partial charge in [-0.2, -0.15) is 0 Å². The summed E-state index contributed by atoms with van der Waals surface area (Å²) in [5, 5.41) is 22.6. The van der Waals surface area contributed by atoms with E-state index in [4.69, 9.17) is 0 Å². The summed E-state index contributed by atoms with van der Waals surface area (Å²) >= 11 is 0. The second-order valence-electron chi connectivity index (χ2n) is 6.74. The highest BCUT2D eigenvalue weighted by molar-refractivity contribution is 5.95. The second-order valence-corrected chi connectivity index (χ2v) is 6.74. The molecule has 1 aromatic heterocycles. The molecule has 1 unspecified atom stereocenters. The van der Waals surface area contributed by atoms with Crippen molar-refractivity contribution in [3.8, 4) is 16.9 Å². The molecule has 31 heavy (non-hydrogen) atoms. The van der Waals surface area contributed by atoms with Crippen molar-refractivity contribution in [3.63, 3.8) is 0 Å². The molecule has 0 aliphatic rings. The number of aromatic nitrogens is 2. The Labute approximate surface area is 175 Å². The van der Waals surface area contributed by atoms with Crippen LogP contribution in [0, 0.1) is 0 Å². The quantitative estimate of drug-likeness (QED) is 0.496. The minimum atomic E-state index is -4.80. The number of imidazole rings is 1. The lowest BCUT2D eigenvalue weighted by molar-refractivity contribution is -0.274. The first-order valence-corrected chi connectivity index (χ1v) is 9.16. The molecule has 0 fully saturated rings. The summed E-state index contributed by atoms with van der Waals surface area (Å²) in [5.41, 5.74) is 3.04. The van der Waals surface area contributed by atoms with Crippen LogP contribution in [0.4, 0.5) is 13.2 Å². The number of carbonyl (C=O) groups is 1. The average Bonchev–Trinajstić information content (AvgIpc) is 3.11. The van der Waals surface area contributed by atoms with Crippen molar-refractivity contribution in [2.24, 2.45) is 7.05 Å². The molecule has 0 radical (unpaired) electrons. The van der Waals surface area contributed by atoms with Crippen molar-refractivity contribution in [2.75, 3.05) is 6.61 Å². The number of amides is 1. The van der Waals surface area contributed by atoms with Gasteiger partial charge >= 0.3 is 6.36 Å². The summed E-state index contributed by atoms with van der Waals surface area (Å²) in [7, 11) is 1.71. The molecule has 1 heterocycles. The lowest BCUT2D eigenvalue weighted by atomic mass is 9.93. The average molecular weight is 435 g/mol. The molecule has 164 valence electrons. The molecule has 0 aliphatic heterocycles. The number of nitrogens with zero attached hydrogens (tertiary/aromatic N) is 2. The van der Waals surface area contributed by atoms with E-state index in [1.165, 1.54) is 30.6 Å². The highest BCUT2D eigenvalue weighted by Crippen LogP contribution is 2.36. The Hall–Kier alpha value is -3.37. The third kappa shape index (κ3) is 4.86. The molecule has 0 bridgehead atoms. The van der Waals surface area contributed by atoms with Crippen LogP contribution in [0.25, 0.3) is 22.2 Å². The number of aliphatic hydroxyl groups excluding tert-OH is 2. The molecule has 3 aromatic rings. The third-order valence-corrected chi connectivity index (χ3v) is 4.66. The van der Waals surface area contributed by atoms with Crippen LogP contribution in [0.2, 0.25) is 0 Å². The zero-order valence-corrected chi connectivity index (χ0v) is 16.5. The zero-order chi connectivity index (χ0) is 22.8. The van der Waals surface area contributed by atoms with Gasteiger partial charge in [0.25, 0.3) is 0 Å². The van der Waals surface area contributed by atoms with E-state index in [1.54, 1.807) is 17.7 Å². The van der Waals surface area contributed by atoms with Gasteiger partial charge in [-0.25, -0.2) is 4.98 Å². The largest absolute Gasteiger partial charge is 0.573 e. The zero-order valence-electron chi connectivity index (χ0n) is 16.5. The Morgan fingerprint density at radius 2 is 2.03 bits per heavy atom. The molecule has 7 nitrogen and oxygen atoms in total. The van der Waals surface area contributed by atoms with Gasteiger partial charge in [-0.15, -0.1) is 13.2 Å². The molecule has 1 atom stereocenters. The summed E-state index contributed by atoms with van der Waals surface area (Å²) in [6.07, 6.45) is -3.40. The Morgan fingerprint density at radius 1 is 1.35 bits per heavy atom. The third-order valence-electron chi connectivity index (χ3n) is 4.66. The van der Waals surface area contributed by atoms with Crippen molar-refractivity contribution >= 4 is 16.9 Å². The predicted octanol–water partition coefficient (Wildman–Crippen LogP) is 2.97. The molecule has 3 rings (SSSR count). The fraction of sp³-hybridized carbons (Fsp3) is 0.238. The van der Waals surface area contributed by atoms with Gasteiger partial charge in [0.2, 0.25) is 5.91 Å². The number of carbonyl (C=O) groups excluding carboxylic acids is 1. The number of aliphatic hydroxyl groups is 2. The van der Waals surface area contributed by atoms with Crippen LogP contribution in [0.1, 0.15) is 17.2 Å². The first-order chi connectivity index (χ1) is 14.6. The van der Waals surface area contributed by atoms with Gasteiger partial charge in [0.05, 0.1) is 24.0 Å². The SMILES string of the molecule is C=CC(=O)NCc1cc(-c2ccc(OC(F)(F)F)cc2)c2ncn(C)c2c1C(O)CO. The molecule has 0 spiro atoms. The molecule has 0 saturated heterocycles. The van der Waals surface area contributed by atoms with Gasteiger partial charge in [0, 0.05) is 24.7 Å². The van der Waals surface area contributed by atoms with Gasteiger partial charge in [0.1, 0.15) is 11.9 Å². The summed E-state index contributed by atoms with van der Waals surface area (Å²) in [4.78, 5) is 16.0. The number of benzene rings is 2. The van der Waals surface area contributed by atoms with Gasteiger partial charge in [-0.1, -0.05) is 18.7 Å². The number of ether oxygens (including phenoxy) is 1.